The second kappa shape index (κ2) is 13.3. The second-order valence-corrected chi connectivity index (χ2v) is 6.20. The first-order chi connectivity index (χ1) is 11.5. The number of aliphatic imine (C=N–C) groups is 1. The van der Waals surface area contributed by atoms with Crippen LogP contribution in [0.25, 0.3) is 0 Å². The molecule has 1 heterocycles. The minimum absolute atomic E-state index is 0. The van der Waals surface area contributed by atoms with E-state index >= 15 is 0 Å². The number of nitrogens with zero attached hydrogens (tertiary/aromatic N) is 2. The summed E-state index contributed by atoms with van der Waals surface area (Å²) in [6, 6.07) is 10.4. The van der Waals surface area contributed by atoms with E-state index in [9.17, 15) is 0 Å². The van der Waals surface area contributed by atoms with Gasteiger partial charge in [0.15, 0.2) is 0 Å². The Morgan fingerprint density at radius 2 is 1.52 bits per heavy atom. The number of rotatable bonds is 6. The zero-order valence-corrected chi connectivity index (χ0v) is 18.9. The number of aromatic nitrogens is 1. The topological polar surface area (TPSA) is 35.7 Å². The van der Waals surface area contributed by atoms with Crippen LogP contribution in [0.1, 0.15) is 70.2 Å². The first-order valence-electron chi connectivity index (χ1n) is 8.83. The molecular formula is C21H31N2NaO. The molecule has 25 heavy (non-hydrogen) atoms. The molecule has 0 saturated heterocycles. The summed E-state index contributed by atoms with van der Waals surface area (Å²) < 4.78 is 4.83. The molecule has 0 radical (unpaired) electrons. The quantitative estimate of drug-likeness (QED) is 0.593. The van der Waals surface area contributed by atoms with E-state index in [4.69, 9.17) is 9.73 Å². The van der Waals surface area contributed by atoms with Crippen molar-refractivity contribution in [2.75, 3.05) is 13.2 Å². The van der Waals surface area contributed by atoms with Gasteiger partial charge in [0.1, 0.15) is 0 Å². The monoisotopic (exact) mass is 350 g/mol. The van der Waals surface area contributed by atoms with Gasteiger partial charge < -0.3 is 9.72 Å². The van der Waals surface area contributed by atoms with Crippen LogP contribution in [-0.4, -0.2) is 19.4 Å². The molecule has 0 unspecified atom stereocenters. The summed E-state index contributed by atoms with van der Waals surface area (Å²) in [6.07, 6.45) is 3.64. The maximum Gasteiger partial charge on any atom is 1.00 e. The van der Waals surface area contributed by atoms with Crippen LogP contribution in [0.15, 0.2) is 41.5 Å². The molecule has 0 aliphatic rings. The Morgan fingerprint density at radius 3 is 1.88 bits per heavy atom. The SMILES string of the molecule is CC(C)c1cccc(C(C)C)c1N=Cc1ccc[n-]1.CCOCC.[Na+]. The third-order valence-corrected chi connectivity index (χ3v) is 3.65. The summed E-state index contributed by atoms with van der Waals surface area (Å²) >= 11 is 0. The third-order valence-electron chi connectivity index (χ3n) is 3.65. The largest absolute Gasteiger partial charge is 1.00 e. The van der Waals surface area contributed by atoms with E-state index in [1.807, 2.05) is 32.2 Å². The van der Waals surface area contributed by atoms with Crippen LogP contribution >= 0.6 is 0 Å². The molecule has 132 valence electrons. The predicted molar refractivity (Wildman–Crippen MR) is 104 cm³/mol. The van der Waals surface area contributed by atoms with Crippen molar-refractivity contribution >= 4 is 11.9 Å². The van der Waals surface area contributed by atoms with Gasteiger partial charge in [0.2, 0.25) is 0 Å². The van der Waals surface area contributed by atoms with E-state index in [-0.39, 0.29) is 29.6 Å². The van der Waals surface area contributed by atoms with Crippen LogP contribution in [0, 0.1) is 0 Å². The third kappa shape index (κ3) is 8.37. The molecule has 2 aromatic rings. The fraction of sp³-hybridized carbons (Fsp3) is 0.476. The van der Waals surface area contributed by atoms with Gasteiger partial charge in [-0.05, 0) is 36.8 Å². The van der Waals surface area contributed by atoms with E-state index < -0.39 is 0 Å². The fourth-order valence-corrected chi connectivity index (χ4v) is 2.39. The van der Waals surface area contributed by atoms with Gasteiger partial charge >= 0.3 is 29.6 Å². The standard InChI is InChI=1S/C17H21N2.C4H10O.Na/c1-12(2)15-8-5-9-16(13(3)4)17(15)19-11-14-7-6-10-18-14;1-3-5-4-2;/h5-13H,1-4H3;3-4H2,1-2H3;/q-1;;+1. The van der Waals surface area contributed by atoms with Gasteiger partial charge in [0.05, 0.1) is 5.69 Å². The average Bonchev–Trinajstić information content (AvgIpc) is 3.07. The van der Waals surface area contributed by atoms with Crippen molar-refractivity contribution in [3.05, 3.63) is 53.3 Å². The number of para-hydroxylation sites is 1. The molecule has 0 aliphatic heterocycles. The normalized spacial score (nSPS) is 10.7. The van der Waals surface area contributed by atoms with Crippen molar-refractivity contribution < 1.29 is 34.3 Å². The summed E-state index contributed by atoms with van der Waals surface area (Å²) in [5.41, 5.74) is 4.62. The van der Waals surface area contributed by atoms with E-state index in [2.05, 4.69) is 50.9 Å². The van der Waals surface area contributed by atoms with Gasteiger partial charge in [-0.15, -0.1) is 5.69 Å². The van der Waals surface area contributed by atoms with Gasteiger partial charge in [-0.2, -0.15) is 6.20 Å². The van der Waals surface area contributed by atoms with Crippen LogP contribution in [0.5, 0.6) is 0 Å². The maximum atomic E-state index is 4.83. The summed E-state index contributed by atoms with van der Waals surface area (Å²) in [4.78, 5) is 8.93. The Bertz CT molecular complexity index is 576. The van der Waals surface area contributed by atoms with E-state index in [0.717, 1.165) is 24.6 Å². The molecular weight excluding hydrogens is 319 g/mol. The average molecular weight is 350 g/mol. The molecule has 3 nitrogen and oxygen atoms in total. The van der Waals surface area contributed by atoms with Gasteiger partial charge in [-0.3, -0.25) is 4.99 Å². The number of benzene rings is 1. The minimum Gasteiger partial charge on any atom is -0.663 e. The zero-order chi connectivity index (χ0) is 17.9. The molecule has 2 rings (SSSR count). The molecule has 1 aromatic heterocycles. The van der Waals surface area contributed by atoms with Crippen LogP contribution in [-0.2, 0) is 4.74 Å². The second-order valence-electron chi connectivity index (χ2n) is 6.20. The van der Waals surface area contributed by atoms with Crippen molar-refractivity contribution in [2.24, 2.45) is 4.99 Å². The van der Waals surface area contributed by atoms with Gasteiger partial charge in [0, 0.05) is 19.4 Å². The maximum absolute atomic E-state index is 4.83. The van der Waals surface area contributed by atoms with Crippen LogP contribution in [0.3, 0.4) is 0 Å². The summed E-state index contributed by atoms with van der Waals surface area (Å²) in [6.45, 7) is 14.5. The number of hydrogen-bond acceptors (Lipinski definition) is 2. The molecule has 0 fully saturated rings. The number of hydrogen-bond donors (Lipinski definition) is 0. The van der Waals surface area contributed by atoms with Crippen LogP contribution in [0.4, 0.5) is 5.69 Å². The molecule has 0 aliphatic carbocycles. The molecule has 1 aromatic carbocycles. The van der Waals surface area contributed by atoms with Crippen molar-refractivity contribution in [3.8, 4) is 0 Å². The van der Waals surface area contributed by atoms with Gasteiger partial charge in [-0.25, -0.2) is 0 Å². The summed E-state index contributed by atoms with van der Waals surface area (Å²) in [7, 11) is 0. The first kappa shape index (κ1) is 24.1. The first-order valence-corrected chi connectivity index (χ1v) is 8.83. The minimum atomic E-state index is 0. The smallest absolute Gasteiger partial charge is 0.663 e. The Labute approximate surface area is 175 Å². The van der Waals surface area contributed by atoms with E-state index in [1.165, 1.54) is 11.1 Å². The molecule has 0 bridgehead atoms. The molecule has 0 spiro atoms. The van der Waals surface area contributed by atoms with Crippen molar-refractivity contribution in [2.45, 2.75) is 53.4 Å². The Hall–Kier alpha value is -0.870. The van der Waals surface area contributed by atoms with Crippen LogP contribution in [0.2, 0.25) is 0 Å². The molecule has 0 atom stereocenters. The van der Waals surface area contributed by atoms with Crippen molar-refractivity contribution in [3.63, 3.8) is 0 Å². The van der Waals surface area contributed by atoms with Crippen LogP contribution < -0.4 is 34.5 Å². The Kier molecular flexibility index (Phi) is 12.9. The van der Waals surface area contributed by atoms with E-state index in [0.29, 0.717) is 11.8 Å². The Morgan fingerprint density at radius 1 is 0.960 bits per heavy atom. The molecule has 0 amide bonds. The van der Waals surface area contributed by atoms with Gasteiger partial charge in [-0.1, -0.05) is 58.0 Å². The van der Waals surface area contributed by atoms with Crippen molar-refractivity contribution in [1.82, 2.24) is 4.98 Å². The summed E-state index contributed by atoms with van der Waals surface area (Å²) in [5.74, 6) is 0.942. The zero-order valence-electron chi connectivity index (χ0n) is 16.9. The molecule has 0 N–H and O–H groups in total. The van der Waals surface area contributed by atoms with E-state index in [1.54, 1.807) is 6.20 Å². The Balaban J connectivity index is 0.000000848. The van der Waals surface area contributed by atoms with Gasteiger partial charge in [0.25, 0.3) is 0 Å². The predicted octanol–water partition coefficient (Wildman–Crippen LogP) is 2.69. The summed E-state index contributed by atoms with van der Waals surface area (Å²) in [5, 5.41) is 0. The molecule has 0 saturated carbocycles. The fourth-order valence-electron chi connectivity index (χ4n) is 2.39. The molecule has 4 heteroatoms. The van der Waals surface area contributed by atoms with Crippen molar-refractivity contribution in [1.29, 1.82) is 0 Å². The number of ether oxygens (including phenoxy) is 1.